The number of piperazine rings is 1. The van der Waals surface area contributed by atoms with Crippen LogP contribution >= 0.6 is 0 Å². The summed E-state index contributed by atoms with van der Waals surface area (Å²) < 4.78 is 0. The zero-order chi connectivity index (χ0) is 19.4. The van der Waals surface area contributed by atoms with Crippen LogP contribution in [0.3, 0.4) is 0 Å². The highest BCUT2D eigenvalue weighted by atomic mass is 16.3. The zero-order valence-corrected chi connectivity index (χ0v) is 16.3. The van der Waals surface area contributed by atoms with Crippen LogP contribution in [-0.2, 0) is 0 Å². The van der Waals surface area contributed by atoms with Gasteiger partial charge in [0, 0.05) is 50.0 Å². The highest BCUT2D eigenvalue weighted by molar-refractivity contribution is 5.94. The van der Waals surface area contributed by atoms with E-state index in [0.29, 0.717) is 25.1 Å². The van der Waals surface area contributed by atoms with Gasteiger partial charge < -0.3 is 15.1 Å². The second-order valence-electron chi connectivity index (χ2n) is 8.25. The van der Waals surface area contributed by atoms with Gasteiger partial charge in [0.1, 0.15) is 5.60 Å². The predicted molar refractivity (Wildman–Crippen MR) is 105 cm³/mol. The van der Waals surface area contributed by atoms with Crippen molar-refractivity contribution in [3.63, 3.8) is 0 Å². The average Bonchev–Trinajstić information content (AvgIpc) is 3.45. The van der Waals surface area contributed by atoms with Crippen molar-refractivity contribution in [2.45, 2.75) is 44.8 Å². The maximum atomic E-state index is 13.0. The second-order valence-corrected chi connectivity index (χ2v) is 8.25. The Morgan fingerprint density at radius 1 is 1.30 bits per heavy atom. The van der Waals surface area contributed by atoms with E-state index < -0.39 is 5.60 Å². The van der Waals surface area contributed by atoms with Crippen LogP contribution in [0, 0.1) is 17.8 Å². The molecule has 1 amide bonds. The van der Waals surface area contributed by atoms with Gasteiger partial charge in [-0.1, -0.05) is 17.9 Å². The number of hydrogen-bond acceptors (Lipinski definition) is 4. The smallest absolute Gasteiger partial charge is 0.253 e. The second kappa shape index (κ2) is 8.43. The lowest BCUT2D eigenvalue weighted by Gasteiger charge is -2.41. The molecule has 1 unspecified atom stereocenters. The number of rotatable bonds is 5. The van der Waals surface area contributed by atoms with Crippen LogP contribution in [0.2, 0.25) is 0 Å². The van der Waals surface area contributed by atoms with E-state index in [2.05, 4.69) is 16.7 Å². The molecule has 2 aliphatic rings. The molecule has 2 fully saturated rings. The third kappa shape index (κ3) is 5.80. The van der Waals surface area contributed by atoms with E-state index in [1.807, 2.05) is 23.1 Å². The summed E-state index contributed by atoms with van der Waals surface area (Å²) in [5, 5.41) is 19.2. The lowest BCUT2D eigenvalue weighted by Crippen LogP contribution is -2.55. The molecular weight excluding hydrogens is 340 g/mol. The first-order chi connectivity index (χ1) is 12.9. The fraction of sp³-hybridized carbons (Fsp3) is 0.591. The molecule has 1 aliphatic heterocycles. The molecule has 1 aromatic carbocycles. The molecule has 1 saturated heterocycles. The first-order valence-electron chi connectivity index (χ1n) is 9.85. The van der Waals surface area contributed by atoms with Gasteiger partial charge >= 0.3 is 0 Å². The Bertz CT molecular complexity index is 725. The molecule has 146 valence electrons. The van der Waals surface area contributed by atoms with Gasteiger partial charge in [-0.15, -0.1) is 0 Å². The minimum atomic E-state index is -1.06. The minimum Gasteiger partial charge on any atom is -0.396 e. The summed E-state index contributed by atoms with van der Waals surface area (Å²) in [6, 6.07) is 7.51. The maximum Gasteiger partial charge on any atom is 0.253 e. The van der Waals surface area contributed by atoms with Crippen molar-refractivity contribution in [1.29, 1.82) is 0 Å². The van der Waals surface area contributed by atoms with E-state index in [9.17, 15) is 15.0 Å². The van der Waals surface area contributed by atoms with Crippen LogP contribution in [0.5, 0.6) is 0 Å². The Morgan fingerprint density at radius 2 is 2.07 bits per heavy atom. The summed E-state index contributed by atoms with van der Waals surface area (Å²) in [5.74, 6) is 6.53. The Morgan fingerprint density at radius 3 is 2.74 bits per heavy atom. The van der Waals surface area contributed by atoms with Crippen molar-refractivity contribution in [2.75, 3.05) is 32.8 Å². The predicted octanol–water partition coefficient (Wildman–Crippen LogP) is 1.73. The quantitative estimate of drug-likeness (QED) is 0.775. The minimum absolute atomic E-state index is 0.0101. The van der Waals surface area contributed by atoms with Gasteiger partial charge in [-0.05, 0) is 57.2 Å². The van der Waals surface area contributed by atoms with Crippen LogP contribution in [0.25, 0.3) is 0 Å². The molecule has 0 bridgehead atoms. The van der Waals surface area contributed by atoms with Crippen molar-refractivity contribution >= 4 is 5.91 Å². The standard InChI is InChI=1S/C22H30N2O3/c1-22(2,27)10-8-17-4-3-5-19(14-17)21(26)24-12-11-23(15-18-6-7-18)20(16-24)9-13-25/h3-5,14,18,20,25,27H,6-7,9,11-13,15-16H2,1-2H3. The van der Waals surface area contributed by atoms with Crippen molar-refractivity contribution in [3.8, 4) is 11.8 Å². The van der Waals surface area contributed by atoms with Crippen LogP contribution in [-0.4, -0.2) is 70.3 Å². The molecule has 5 heteroatoms. The lowest BCUT2D eigenvalue weighted by atomic mass is 10.0. The van der Waals surface area contributed by atoms with E-state index in [0.717, 1.165) is 24.6 Å². The summed E-state index contributed by atoms with van der Waals surface area (Å²) in [6.07, 6.45) is 3.32. The number of hydrogen-bond donors (Lipinski definition) is 2. The molecule has 0 radical (unpaired) electrons. The Hall–Kier alpha value is -1.87. The molecule has 3 rings (SSSR count). The van der Waals surface area contributed by atoms with Gasteiger partial charge in [-0.2, -0.15) is 0 Å². The van der Waals surface area contributed by atoms with Crippen molar-refractivity contribution in [1.82, 2.24) is 9.80 Å². The summed E-state index contributed by atoms with van der Waals surface area (Å²) in [5.41, 5.74) is 0.285. The Balaban J connectivity index is 1.68. The Labute approximate surface area is 162 Å². The van der Waals surface area contributed by atoms with Crippen molar-refractivity contribution < 1.29 is 15.0 Å². The van der Waals surface area contributed by atoms with E-state index in [1.54, 1.807) is 19.9 Å². The molecular formula is C22H30N2O3. The van der Waals surface area contributed by atoms with Crippen LogP contribution in [0.4, 0.5) is 0 Å². The number of carbonyl (C=O) groups is 1. The summed E-state index contributed by atoms with van der Waals surface area (Å²) in [7, 11) is 0. The third-order valence-corrected chi connectivity index (χ3v) is 5.17. The molecule has 2 N–H and O–H groups in total. The fourth-order valence-corrected chi connectivity index (χ4v) is 3.51. The van der Waals surface area contributed by atoms with E-state index in [1.165, 1.54) is 12.8 Å². The van der Waals surface area contributed by atoms with Crippen LogP contribution in [0.1, 0.15) is 49.0 Å². The van der Waals surface area contributed by atoms with Gasteiger partial charge in [0.2, 0.25) is 0 Å². The molecule has 0 spiro atoms. The summed E-state index contributed by atoms with van der Waals surface area (Å²) in [4.78, 5) is 17.3. The lowest BCUT2D eigenvalue weighted by molar-refractivity contribution is 0.0407. The number of nitrogens with zero attached hydrogens (tertiary/aromatic N) is 2. The number of benzene rings is 1. The first-order valence-corrected chi connectivity index (χ1v) is 9.85. The normalized spacial score (nSPS) is 20.9. The largest absolute Gasteiger partial charge is 0.396 e. The molecule has 5 nitrogen and oxygen atoms in total. The van der Waals surface area contributed by atoms with E-state index in [4.69, 9.17) is 0 Å². The maximum absolute atomic E-state index is 13.0. The highest BCUT2D eigenvalue weighted by Crippen LogP contribution is 2.31. The Kier molecular flexibility index (Phi) is 6.21. The summed E-state index contributed by atoms with van der Waals surface area (Å²) >= 11 is 0. The highest BCUT2D eigenvalue weighted by Gasteiger charge is 2.33. The first kappa shape index (κ1) is 19.9. The monoisotopic (exact) mass is 370 g/mol. The van der Waals surface area contributed by atoms with Crippen LogP contribution < -0.4 is 0 Å². The van der Waals surface area contributed by atoms with Crippen LogP contribution in [0.15, 0.2) is 24.3 Å². The van der Waals surface area contributed by atoms with Gasteiger partial charge in [0.25, 0.3) is 5.91 Å². The van der Waals surface area contributed by atoms with Gasteiger partial charge in [-0.25, -0.2) is 0 Å². The number of aliphatic hydroxyl groups excluding tert-OH is 1. The van der Waals surface area contributed by atoms with Crippen molar-refractivity contribution in [3.05, 3.63) is 35.4 Å². The van der Waals surface area contributed by atoms with Gasteiger partial charge in [-0.3, -0.25) is 9.69 Å². The zero-order valence-electron chi connectivity index (χ0n) is 16.3. The number of amides is 1. The molecule has 0 aromatic heterocycles. The number of carbonyl (C=O) groups excluding carboxylic acids is 1. The third-order valence-electron chi connectivity index (χ3n) is 5.17. The molecule has 1 aromatic rings. The molecule has 27 heavy (non-hydrogen) atoms. The number of aliphatic hydroxyl groups is 2. The summed E-state index contributed by atoms with van der Waals surface area (Å²) in [6.45, 7) is 6.75. The SMILES string of the molecule is CC(C)(O)C#Cc1cccc(C(=O)N2CCN(CC3CC3)C(CCO)C2)c1. The van der Waals surface area contributed by atoms with Gasteiger partial charge in [0.15, 0.2) is 0 Å². The molecule has 1 aliphatic carbocycles. The molecule has 1 saturated carbocycles. The molecule has 1 atom stereocenters. The van der Waals surface area contributed by atoms with Crippen molar-refractivity contribution in [2.24, 2.45) is 5.92 Å². The fourth-order valence-electron chi connectivity index (χ4n) is 3.51. The van der Waals surface area contributed by atoms with E-state index in [-0.39, 0.29) is 18.6 Å². The van der Waals surface area contributed by atoms with Gasteiger partial charge in [0.05, 0.1) is 0 Å². The molecule has 1 heterocycles. The van der Waals surface area contributed by atoms with E-state index >= 15 is 0 Å². The topological polar surface area (TPSA) is 64.0 Å². The average molecular weight is 370 g/mol.